The molecule has 1 unspecified atom stereocenters. The summed E-state index contributed by atoms with van der Waals surface area (Å²) in [6, 6.07) is 9.94. The zero-order valence-corrected chi connectivity index (χ0v) is 25.9. The first kappa shape index (κ1) is 31.2. The predicted octanol–water partition coefficient (Wildman–Crippen LogP) is 6.17. The molecule has 1 aliphatic heterocycles. The number of halogens is 2. The Morgan fingerprint density at radius 2 is 2.02 bits per heavy atom. The highest BCUT2D eigenvalue weighted by molar-refractivity contribution is 7.98. The van der Waals surface area contributed by atoms with E-state index in [0.29, 0.717) is 58.7 Å². The Kier molecular flexibility index (Phi) is 10.0. The molecule has 3 heterocycles. The van der Waals surface area contributed by atoms with Gasteiger partial charge in [0.05, 0.1) is 16.3 Å². The second-order valence-electron chi connectivity index (χ2n) is 10.1. The molecule has 2 amide bonds. The molecule has 220 valence electrons. The van der Waals surface area contributed by atoms with E-state index in [2.05, 4.69) is 16.6 Å². The molecule has 1 aliphatic rings. The summed E-state index contributed by atoms with van der Waals surface area (Å²) in [5.41, 5.74) is 2.20. The number of anilines is 2. The first-order chi connectivity index (χ1) is 20.2. The van der Waals surface area contributed by atoms with Crippen LogP contribution in [0.4, 0.5) is 15.9 Å². The number of carbonyl (C=O) groups is 2. The van der Waals surface area contributed by atoms with Gasteiger partial charge in [0.1, 0.15) is 22.4 Å². The minimum Gasteiger partial charge on any atom is -0.350 e. The highest BCUT2D eigenvalue weighted by atomic mass is 35.5. The average Bonchev–Trinajstić information content (AvgIpc) is 2.99. The summed E-state index contributed by atoms with van der Waals surface area (Å²) in [6.07, 6.45) is 5.58. The van der Waals surface area contributed by atoms with Gasteiger partial charge in [-0.2, -0.15) is 0 Å². The molecular formula is C31H34ClFN6O2S. The van der Waals surface area contributed by atoms with Crippen LogP contribution in [0.2, 0.25) is 5.02 Å². The third kappa shape index (κ3) is 6.05. The number of amides is 2. The number of rotatable bonds is 8. The normalized spacial score (nSPS) is 15.6. The fourth-order valence-electron chi connectivity index (χ4n) is 5.19. The van der Waals surface area contributed by atoms with Gasteiger partial charge in [0.15, 0.2) is 5.82 Å². The number of piperazine rings is 1. The van der Waals surface area contributed by atoms with Crippen LogP contribution in [0.5, 0.6) is 0 Å². The molecule has 0 N–H and O–H groups in total. The Hall–Kier alpha value is -3.76. The third-order valence-corrected chi connectivity index (χ3v) is 8.25. The van der Waals surface area contributed by atoms with Crippen LogP contribution >= 0.6 is 23.4 Å². The van der Waals surface area contributed by atoms with Crippen LogP contribution in [0.15, 0.2) is 65.3 Å². The molecule has 4 rings (SSSR count). The van der Waals surface area contributed by atoms with Crippen molar-refractivity contribution in [2.45, 2.75) is 37.8 Å². The Balaban J connectivity index is 1.97. The molecule has 11 heteroatoms. The van der Waals surface area contributed by atoms with Gasteiger partial charge >= 0.3 is 0 Å². The van der Waals surface area contributed by atoms with Gasteiger partial charge < -0.3 is 9.80 Å². The van der Waals surface area contributed by atoms with Crippen molar-refractivity contribution in [3.05, 3.63) is 77.2 Å². The number of pyridine rings is 2. The number of hydrogen-bond acceptors (Lipinski definition) is 6. The number of carbonyl (C=O) groups excluding carboxylic acids is 2. The van der Waals surface area contributed by atoms with Crippen molar-refractivity contribution in [2.24, 2.45) is 4.99 Å². The van der Waals surface area contributed by atoms with E-state index in [0.717, 1.165) is 5.56 Å². The minimum absolute atomic E-state index is 0.0109. The predicted molar refractivity (Wildman–Crippen MR) is 168 cm³/mol. The lowest BCUT2D eigenvalue weighted by Crippen LogP contribution is -2.55. The van der Waals surface area contributed by atoms with Crippen molar-refractivity contribution in [2.75, 3.05) is 37.8 Å². The Bertz CT molecular complexity index is 1530. The average molecular weight is 609 g/mol. The molecule has 0 bridgehead atoms. The maximum absolute atomic E-state index is 16.0. The van der Waals surface area contributed by atoms with E-state index in [1.165, 1.54) is 28.8 Å². The summed E-state index contributed by atoms with van der Waals surface area (Å²) in [4.78, 5) is 44.4. The van der Waals surface area contributed by atoms with E-state index < -0.39 is 5.82 Å². The molecule has 0 aliphatic carbocycles. The van der Waals surface area contributed by atoms with E-state index in [1.54, 1.807) is 42.4 Å². The van der Waals surface area contributed by atoms with Crippen molar-refractivity contribution in [1.82, 2.24) is 19.8 Å². The van der Waals surface area contributed by atoms with E-state index in [9.17, 15) is 9.59 Å². The number of aliphatic imine (C=N–C) groups is 1. The summed E-state index contributed by atoms with van der Waals surface area (Å²) in [6.45, 7) is 10.9. The number of amidine groups is 1. The minimum atomic E-state index is -0.609. The highest BCUT2D eigenvalue weighted by Crippen LogP contribution is 2.40. The second kappa shape index (κ2) is 13.5. The van der Waals surface area contributed by atoms with Crippen LogP contribution in [0.1, 0.15) is 37.8 Å². The Labute approximate surface area is 255 Å². The monoisotopic (exact) mass is 608 g/mol. The van der Waals surface area contributed by atoms with Crippen molar-refractivity contribution in [1.29, 1.82) is 0 Å². The molecular weight excluding hydrogens is 575 g/mol. The number of aromatic nitrogens is 2. The molecule has 0 radical (unpaired) electrons. The van der Waals surface area contributed by atoms with Gasteiger partial charge in [-0.15, -0.1) is 11.8 Å². The summed E-state index contributed by atoms with van der Waals surface area (Å²) in [5.74, 6) is -0.0549. The van der Waals surface area contributed by atoms with Crippen molar-refractivity contribution >= 4 is 53.0 Å². The third-order valence-electron chi connectivity index (χ3n) is 7.24. The SMILES string of the molecule is C=CC(=O)N1CCN(/C(=N/C)c2cc(F)c(-c3ccccc3Cl)nc2N(C=O)c2c(C(C)C)ccnc2SC)C(C)C1. The molecule has 1 aromatic carbocycles. The zero-order chi connectivity index (χ0) is 30.6. The first-order valence-corrected chi connectivity index (χ1v) is 15.1. The fourth-order valence-corrected chi connectivity index (χ4v) is 5.99. The molecule has 8 nitrogen and oxygen atoms in total. The van der Waals surface area contributed by atoms with Crippen LogP contribution in [-0.2, 0) is 9.59 Å². The molecule has 1 saturated heterocycles. The van der Waals surface area contributed by atoms with Crippen molar-refractivity contribution in [3.8, 4) is 11.3 Å². The highest BCUT2D eigenvalue weighted by Gasteiger charge is 2.33. The number of benzene rings is 1. The zero-order valence-electron chi connectivity index (χ0n) is 24.3. The smallest absolute Gasteiger partial charge is 0.246 e. The molecule has 0 saturated carbocycles. The van der Waals surface area contributed by atoms with Crippen LogP contribution in [-0.4, -0.2) is 76.9 Å². The molecule has 3 aromatic rings. The second-order valence-corrected chi connectivity index (χ2v) is 11.3. The topological polar surface area (TPSA) is 82.0 Å². The lowest BCUT2D eigenvalue weighted by atomic mass is 10.0. The molecule has 1 fully saturated rings. The van der Waals surface area contributed by atoms with Crippen LogP contribution in [0, 0.1) is 5.82 Å². The summed E-state index contributed by atoms with van der Waals surface area (Å²) >= 11 is 7.88. The van der Waals surface area contributed by atoms with Gasteiger partial charge in [-0.25, -0.2) is 14.4 Å². The van der Waals surface area contributed by atoms with Gasteiger partial charge in [-0.05, 0) is 48.9 Å². The number of hydrogen-bond donors (Lipinski definition) is 0. The van der Waals surface area contributed by atoms with E-state index in [1.807, 2.05) is 38.0 Å². The largest absolute Gasteiger partial charge is 0.350 e. The maximum Gasteiger partial charge on any atom is 0.246 e. The standard InChI is InChI=1S/C31H34ClFN6O2S/c1-7-26(41)37-14-15-38(20(4)17-37)29(34-5)23-16-25(33)27(22-10-8-9-11-24(22)32)36-30(23)39(18-40)28-21(19(2)3)12-13-35-31(28)42-6/h7-13,16,18-20H,1,14-15,17H2,2-6H3/b34-29+. The molecule has 2 aromatic heterocycles. The van der Waals surface area contributed by atoms with Crippen molar-refractivity contribution in [3.63, 3.8) is 0 Å². The lowest BCUT2D eigenvalue weighted by Gasteiger charge is -2.41. The Morgan fingerprint density at radius 1 is 1.29 bits per heavy atom. The lowest BCUT2D eigenvalue weighted by molar-refractivity contribution is -0.128. The summed E-state index contributed by atoms with van der Waals surface area (Å²) in [5, 5.41) is 0.958. The quantitative estimate of drug-likeness (QED) is 0.1000. The molecule has 0 spiro atoms. The number of nitrogens with zero attached hydrogens (tertiary/aromatic N) is 6. The molecule has 42 heavy (non-hydrogen) atoms. The summed E-state index contributed by atoms with van der Waals surface area (Å²) < 4.78 is 16.0. The van der Waals surface area contributed by atoms with Crippen LogP contribution in [0.3, 0.4) is 0 Å². The van der Waals surface area contributed by atoms with E-state index >= 15 is 4.39 Å². The fraction of sp³-hybridized carbons (Fsp3) is 0.323. The van der Waals surface area contributed by atoms with E-state index in [4.69, 9.17) is 16.6 Å². The van der Waals surface area contributed by atoms with Crippen LogP contribution < -0.4 is 4.90 Å². The van der Waals surface area contributed by atoms with Crippen LogP contribution in [0.25, 0.3) is 11.3 Å². The van der Waals surface area contributed by atoms with E-state index in [-0.39, 0.29) is 29.4 Å². The van der Waals surface area contributed by atoms with Gasteiger partial charge in [-0.3, -0.25) is 19.5 Å². The van der Waals surface area contributed by atoms with Gasteiger partial charge in [0, 0.05) is 44.5 Å². The molecule has 1 atom stereocenters. The maximum atomic E-state index is 16.0. The van der Waals surface area contributed by atoms with Gasteiger partial charge in [0.2, 0.25) is 12.3 Å². The van der Waals surface area contributed by atoms with Crippen molar-refractivity contribution < 1.29 is 14.0 Å². The summed E-state index contributed by atoms with van der Waals surface area (Å²) in [7, 11) is 1.62. The first-order valence-electron chi connectivity index (χ1n) is 13.5. The van der Waals surface area contributed by atoms with Gasteiger partial charge in [0.25, 0.3) is 0 Å². The Morgan fingerprint density at radius 3 is 2.62 bits per heavy atom. The number of thioether (sulfide) groups is 1. The van der Waals surface area contributed by atoms with Gasteiger partial charge in [-0.1, -0.05) is 50.2 Å².